The summed E-state index contributed by atoms with van der Waals surface area (Å²) in [6.07, 6.45) is 0. The van der Waals surface area contributed by atoms with E-state index in [1.807, 2.05) is 0 Å². The molecule has 1 aromatic heterocycles. The molecule has 0 bridgehead atoms. The molecule has 4 heteroatoms. The first-order valence-electron chi connectivity index (χ1n) is 25.5. The molecule has 3 heterocycles. The number of hydrogen-bond donors (Lipinski definition) is 0. The van der Waals surface area contributed by atoms with Crippen LogP contribution in [-0.2, 0) is 10.8 Å². The van der Waals surface area contributed by atoms with Gasteiger partial charge in [-0.2, -0.15) is 0 Å². The van der Waals surface area contributed by atoms with E-state index in [2.05, 4.69) is 285 Å². The Labute approximate surface area is 426 Å². The summed E-state index contributed by atoms with van der Waals surface area (Å²) in [5.74, 6) is 0.910. The van der Waals surface area contributed by atoms with E-state index >= 15 is 0 Å². The lowest BCUT2D eigenvalue weighted by Gasteiger charge is -2.43. The van der Waals surface area contributed by atoms with Gasteiger partial charge in [-0.25, -0.2) is 4.98 Å². The molecule has 4 nitrogen and oxygen atoms in total. The third-order valence-electron chi connectivity index (χ3n) is 15.9. The Morgan fingerprint density at radius 2 is 0.753 bits per heavy atom. The van der Waals surface area contributed by atoms with Crippen molar-refractivity contribution in [1.29, 1.82) is 0 Å². The minimum Gasteiger partial charge on any atom is -0.310 e. The van der Waals surface area contributed by atoms with Crippen LogP contribution >= 0.6 is 0 Å². The summed E-state index contributed by atoms with van der Waals surface area (Å²) in [7, 11) is 0. The highest BCUT2D eigenvalue weighted by Gasteiger charge is 2.41. The molecule has 0 spiro atoms. The second-order valence-electron chi connectivity index (χ2n) is 20.7. The van der Waals surface area contributed by atoms with Crippen LogP contribution in [0.5, 0.6) is 0 Å². The number of imidazole rings is 1. The monoisotopic (exact) mass is 936 g/mol. The molecule has 0 atom stereocenters. The molecular weight excluding hydrogens is 885 g/mol. The fourth-order valence-corrected chi connectivity index (χ4v) is 12.7. The van der Waals surface area contributed by atoms with E-state index in [1.165, 1.54) is 78.0 Å². The van der Waals surface area contributed by atoms with E-state index in [0.717, 1.165) is 50.3 Å². The van der Waals surface area contributed by atoms with Crippen LogP contribution in [0.1, 0.15) is 49.9 Å². The van der Waals surface area contributed by atoms with Crippen molar-refractivity contribution in [3.8, 4) is 39.3 Å². The number of hydrogen-bond acceptors (Lipinski definition) is 3. The minimum atomic E-state index is -0.336. The normalized spacial score (nSPS) is 14.2. The molecule has 0 amide bonds. The summed E-state index contributed by atoms with van der Waals surface area (Å²) >= 11 is 0. The van der Waals surface area contributed by atoms with Gasteiger partial charge in [-0.1, -0.05) is 204 Å². The molecule has 0 saturated heterocycles. The van der Waals surface area contributed by atoms with Crippen LogP contribution in [0.3, 0.4) is 0 Å². The van der Waals surface area contributed by atoms with Gasteiger partial charge in [-0.15, -0.1) is 0 Å². The van der Waals surface area contributed by atoms with Crippen LogP contribution in [0, 0.1) is 0 Å². The Morgan fingerprint density at radius 1 is 0.342 bits per heavy atom. The summed E-state index contributed by atoms with van der Waals surface area (Å²) in [5, 5.41) is 4.69. The fraction of sp³-hybridized carbons (Fsp3) is 0.0870. The standard InChI is InChI=1S/C69H52N4/c1-68(2)56-36-14-17-39-59(56)71(46-26-10-6-11-27-46)62-42-22-32-50(64(62)68)48-30-20-34-52-54(48)44-55-49(31-21-35-53(55)66(52)73-61-41-19-16-38-58(61)70-67(73)45-24-8-5-9-25-45)51-33-23-43-63-65(51)69(3,4)57-37-15-18-40-60(57)72(63)47-28-12-7-13-29-47/h5-44H,1-4H3. The third-order valence-corrected chi connectivity index (χ3v) is 15.9. The highest BCUT2D eigenvalue weighted by molar-refractivity contribution is 6.17. The van der Waals surface area contributed by atoms with Crippen LogP contribution in [0.15, 0.2) is 243 Å². The highest BCUT2D eigenvalue weighted by Crippen LogP contribution is 2.58. The Kier molecular flexibility index (Phi) is 9.55. The number of para-hydroxylation sites is 6. The molecule has 0 unspecified atom stereocenters. The molecule has 0 aliphatic carbocycles. The van der Waals surface area contributed by atoms with Gasteiger partial charge < -0.3 is 9.80 Å². The largest absolute Gasteiger partial charge is 0.310 e. The molecule has 0 fully saturated rings. The molecular formula is C69H52N4. The second kappa shape index (κ2) is 16.3. The van der Waals surface area contributed by atoms with Gasteiger partial charge in [0.1, 0.15) is 5.82 Å². The highest BCUT2D eigenvalue weighted by atomic mass is 15.2. The molecule has 73 heavy (non-hydrogen) atoms. The van der Waals surface area contributed by atoms with Crippen molar-refractivity contribution >= 4 is 66.7 Å². The van der Waals surface area contributed by atoms with Gasteiger partial charge in [-0.05, 0) is 122 Å². The number of fused-ring (bicyclic) bond motifs is 7. The second-order valence-corrected chi connectivity index (χ2v) is 20.7. The van der Waals surface area contributed by atoms with Gasteiger partial charge in [0.2, 0.25) is 0 Å². The van der Waals surface area contributed by atoms with Crippen molar-refractivity contribution in [3.05, 3.63) is 265 Å². The van der Waals surface area contributed by atoms with E-state index in [0.29, 0.717) is 0 Å². The summed E-state index contributed by atoms with van der Waals surface area (Å²) in [4.78, 5) is 10.4. The van der Waals surface area contributed by atoms with Crippen molar-refractivity contribution in [2.75, 3.05) is 9.80 Å². The van der Waals surface area contributed by atoms with E-state index in [9.17, 15) is 0 Å². The number of anilines is 6. The zero-order chi connectivity index (χ0) is 49.0. The maximum Gasteiger partial charge on any atom is 0.145 e. The average molecular weight is 937 g/mol. The summed E-state index contributed by atoms with van der Waals surface area (Å²) in [6.45, 7) is 9.62. The smallest absolute Gasteiger partial charge is 0.145 e. The van der Waals surface area contributed by atoms with Gasteiger partial charge in [0, 0.05) is 38.5 Å². The lowest BCUT2D eigenvalue weighted by Crippen LogP contribution is -2.31. The summed E-state index contributed by atoms with van der Waals surface area (Å²) < 4.78 is 2.44. The first kappa shape index (κ1) is 42.9. The number of aromatic nitrogens is 2. The van der Waals surface area contributed by atoms with Crippen LogP contribution in [-0.4, -0.2) is 9.55 Å². The lowest BCUT2D eigenvalue weighted by molar-refractivity contribution is 0.633. The van der Waals surface area contributed by atoms with Crippen LogP contribution in [0.2, 0.25) is 0 Å². The zero-order valence-corrected chi connectivity index (χ0v) is 41.4. The first-order chi connectivity index (χ1) is 35.8. The SMILES string of the molecule is CC1(C)c2ccccc2N(c2ccccc2)c2cccc(-c3cccc4c(-n5c(-c6ccccc6)nc6ccccc65)c5cccc(-c6cccc7c6C(C)(C)c6ccccc6N7c6ccccc6)c5cc34)c21. The van der Waals surface area contributed by atoms with E-state index in [1.54, 1.807) is 0 Å². The third kappa shape index (κ3) is 6.36. The minimum absolute atomic E-state index is 0.336. The molecule has 0 radical (unpaired) electrons. The maximum atomic E-state index is 5.46. The van der Waals surface area contributed by atoms with Crippen LogP contribution in [0.25, 0.3) is 71.9 Å². The zero-order valence-electron chi connectivity index (χ0n) is 41.4. The number of nitrogens with zero attached hydrogens (tertiary/aromatic N) is 4. The van der Waals surface area contributed by atoms with E-state index in [-0.39, 0.29) is 10.8 Å². The van der Waals surface area contributed by atoms with Crippen molar-refractivity contribution in [2.45, 2.75) is 38.5 Å². The van der Waals surface area contributed by atoms with Crippen molar-refractivity contribution in [2.24, 2.45) is 0 Å². The first-order valence-corrected chi connectivity index (χ1v) is 25.5. The Hall–Kier alpha value is -8.99. The molecule has 12 aromatic rings. The summed E-state index contributed by atoms with van der Waals surface area (Å²) in [6, 6.07) is 89.1. The average Bonchev–Trinajstić information content (AvgIpc) is 3.82. The van der Waals surface area contributed by atoms with Crippen molar-refractivity contribution < 1.29 is 0 Å². The molecule has 0 N–H and O–H groups in total. The molecule has 348 valence electrons. The summed E-state index contributed by atoms with van der Waals surface area (Å²) in [5.41, 5.74) is 20.6. The topological polar surface area (TPSA) is 24.3 Å². The molecule has 14 rings (SSSR count). The van der Waals surface area contributed by atoms with Crippen LogP contribution < -0.4 is 9.80 Å². The molecule has 11 aromatic carbocycles. The van der Waals surface area contributed by atoms with Gasteiger partial charge in [0.15, 0.2) is 0 Å². The Morgan fingerprint density at radius 3 is 1.27 bits per heavy atom. The lowest BCUT2D eigenvalue weighted by atomic mass is 9.70. The predicted octanol–water partition coefficient (Wildman–Crippen LogP) is 18.6. The predicted molar refractivity (Wildman–Crippen MR) is 306 cm³/mol. The van der Waals surface area contributed by atoms with Gasteiger partial charge in [0.05, 0.1) is 39.5 Å². The number of rotatable bonds is 6. The Bertz CT molecular complexity index is 3940. The van der Waals surface area contributed by atoms with Gasteiger partial charge in [-0.3, -0.25) is 4.57 Å². The van der Waals surface area contributed by atoms with Gasteiger partial charge in [0.25, 0.3) is 0 Å². The molecule has 2 aliphatic heterocycles. The molecule has 0 saturated carbocycles. The van der Waals surface area contributed by atoms with E-state index in [4.69, 9.17) is 4.98 Å². The quantitative estimate of drug-likeness (QED) is 0.155. The van der Waals surface area contributed by atoms with Crippen molar-refractivity contribution in [3.63, 3.8) is 0 Å². The maximum absolute atomic E-state index is 5.46. The fourth-order valence-electron chi connectivity index (χ4n) is 12.7. The van der Waals surface area contributed by atoms with E-state index < -0.39 is 0 Å². The Balaban J connectivity index is 1.11. The van der Waals surface area contributed by atoms with Crippen molar-refractivity contribution in [1.82, 2.24) is 9.55 Å². The van der Waals surface area contributed by atoms with Gasteiger partial charge >= 0.3 is 0 Å². The number of benzene rings is 11. The molecule has 2 aliphatic rings. The van der Waals surface area contributed by atoms with Crippen LogP contribution in [0.4, 0.5) is 34.1 Å².